The molecule has 0 fully saturated rings. The summed E-state index contributed by atoms with van der Waals surface area (Å²) in [7, 11) is 0. The zero-order valence-electron chi connectivity index (χ0n) is 17.5. The molecule has 1 heterocycles. The van der Waals surface area contributed by atoms with E-state index in [9.17, 15) is 22.8 Å². The molecular formula is C23H22ClF3N2O2. The molecule has 1 amide bonds. The molecule has 3 aromatic rings. The molecule has 0 radical (unpaired) electrons. The molecule has 164 valence electrons. The molecule has 31 heavy (non-hydrogen) atoms. The van der Waals surface area contributed by atoms with Crippen molar-refractivity contribution in [2.24, 2.45) is 0 Å². The zero-order valence-corrected chi connectivity index (χ0v) is 18.3. The summed E-state index contributed by atoms with van der Waals surface area (Å²) in [5.41, 5.74) is 1.84. The van der Waals surface area contributed by atoms with E-state index in [4.69, 9.17) is 11.6 Å². The fraction of sp³-hybridized carbons (Fsp3) is 0.304. The van der Waals surface area contributed by atoms with Gasteiger partial charge in [0.05, 0.1) is 21.8 Å². The van der Waals surface area contributed by atoms with E-state index < -0.39 is 23.7 Å². The number of alkyl halides is 3. The average molecular weight is 451 g/mol. The number of pyridine rings is 1. The Kier molecular flexibility index (Phi) is 6.18. The van der Waals surface area contributed by atoms with Crippen LogP contribution in [-0.4, -0.2) is 10.5 Å². The highest BCUT2D eigenvalue weighted by Crippen LogP contribution is 2.34. The fourth-order valence-corrected chi connectivity index (χ4v) is 4.00. The van der Waals surface area contributed by atoms with Gasteiger partial charge in [-0.05, 0) is 62.6 Å². The molecule has 8 heteroatoms. The number of carbonyl (C=O) groups is 1. The zero-order chi connectivity index (χ0) is 23.1. The van der Waals surface area contributed by atoms with Crippen molar-refractivity contribution in [3.8, 4) is 0 Å². The van der Waals surface area contributed by atoms with Crippen LogP contribution in [0.4, 0.5) is 18.9 Å². The van der Waals surface area contributed by atoms with Crippen molar-refractivity contribution >= 4 is 34.1 Å². The SMILES string of the molecule is CCC(C(=O)Nc1cc(C(F)(F)F)ccc1Cl)n1c(=O)cc(C)c2cc(C)cc(C)c21. The standard InChI is InChI=1S/C23H22ClF3N2O2/c1-5-19(22(31)28-18-11-15(23(25,26)27)6-7-17(18)24)29-20(30)10-13(3)16-9-12(2)8-14(4)21(16)29/h6-11,19H,5H2,1-4H3,(H,28,31). The van der Waals surface area contributed by atoms with Gasteiger partial charge in [-0.15, -0.1) is 0 Å². The first-order valence-electron chi connectivity index (χ1n) is 9.74. The lowest BCUT2D eigenvalue weighted by atomic mass is 10.0. The van der Waals surface area contributed by atoms with Crippen LogP contribution in [0.3, 0.4) is 0 Å². The Bertz CT molecular complexity index is 1230. The summed E-state index contributed by atoms with van der Waals surface area (Å²) in [5, 5.41) is 3.30. The number of hydrogen-bond acceptors (Lipinski definition) is 2. The van der Waals surface area contributed by atoms with E-state index in [0.29, 0.717) is 5.52 Å². The number of aryl methyl sites for hydroxylation is 3. The number of nitrogens with one attached hydrogen (secondary N) is 1. The van der Waals surface area contributed by atoms with Gasteiger partial charge in [-0.2, -0.15) is 13.2 Å². The predicted molar refractivity (Wildman–Crippen MR) is 117 cm³/mol. The van der Waals surface area contributed by atoms with Gasteiger partial charge in [-0.25, -0.2) is 0 Å². The molecule has 1 atom stereocenters. The number of nitrogens with zero attached hydrogens (tertiary/aromatic N) is 1. The smallest absolute Gasteiger partial charge is 0.323 e. The van der Waals surface area contributed by atoms with Gasteiger partial charge >= 0.3 is 6.18 Å². The van der Waals surface area contributed by atoms with E-state index in [1.165, 1.54) is 10.6 Å². The number of amides is 1. The highest BCUT2D eigenvalue weighted by Gasteiger charge is 2.31. The third-order valence-electron chi connectivity index (χ3n) is 5.24. The maximum Gasteiger partial charge on any atom is 0.416 e. The minimum absolute atomic E-state index is 0.0240. The normalized spacial score (nSPS) is 12.8. The third kappa shape index (κ3) is 4.46. The first-order chi connectivity index (χ1) is 14.4. The number of aromatic nitrogens is 1. The van der Waals surface area contributed by atoms with E-state index >= 15 is 0 Å². The minimum Gasteiger partial charge on any atom is -0.323 e. The van der Waals surface area contributed by atoms with Crippen LogP contribution in [0.2, 0.25) is 5.02 Å². The average Bonchev–Trinajstić information content (AvgIpc) is 2.66. The number of carbonyl (C=O) groups excluding carboxylic acids is 1. The first kappa shape index (κ1) is 22.9. The minimum atomic E-state index is -4.58. The summed E-state index contributed by atoms with van der Waals surface area (Å²) < 4.78 is 40.6. The van der Waals surface area contributed by atoms with Crippen molar-refractivity contribution in [1.82, 2.24) is 4.57 Å². The van der Waals surface area contributed by atoms with E-state index in [2.05, 4.69) is 5.32 Å². The molecule has 2 aromatic carbocycles. The molecular weight excluding hydrogens is 429 g/mol. The summed E-state index contributed by atoms with van der Waals surface area (Å²) in [6, 6.07) is 7.13. The van der Waals surface area contributed by atoms with Gasteiger partial charge in [-0.1, -0.05) is 30.2 Å². The second-order valence-corrected chi connectivity index (χ2v) is 8.03. The molecule has 0 spiro atoms. The van der Waals surface area contributed by atoms with E-state index in [0.717, 1.165) is 40.3 Å². The molecule has 0 bridgehead atoms. The predicted octanol–water partition coefficient (Wildman–Crippen LogP) is 6.19. The third-order valence-corrected chi connectivity index (χ3v) is 5.57. The summed E-state index contributed by atoms with van der Waals surface area (Å²) in [6.45, 7) is 7.37. The van der Waals surface area contributed by atoms with Crippen molar-refractivity contribution in [3.05, 3.63) is 74.0 Å². The topological polar surface area (TPSA) is 51.1 Å². The Morgan fingerprint density at radius 3 is 2.39 bits per heavy atom. The van der Waals surface area contributed by atoms with Crippen LogP contribution in [0, 0.1) is 20.8 Å². The van der Waals surface area contributed by atoms with Crippen LogP contribution in [0.15, 0.2) is 41.2 Å². The first-order valence-corrected chi connectivity index (χ1v) is 10.1. The molecule has 0 saturated carbocycles. The summed E-state index contributed by atoms with van der Waals surface area (Å²) in [4.78, 5) is 26.0. The number of benzene rings is 2. The molecule has 0 aliphatic rings. The molecule has 4 nitrogen and oxygen atoms in total. The van der Waals surface area contributed by atoms with Crippen molar-refractivity contribution in [2.45, 2.75) is 46.3 Å². The quantitative estimate of drug-likeness (QED) is 0.515. The Morgan fingerprint density at radius 2 is 1.77 bits per heavy atom. The van der Waals surface area contributed by atoms with E-state index in [1.54, 1.807) is 6.92 Å². The van der Waals surface area contributed by atoms with E-state index in [1.807, 2.05) is 32.9 Å². The van der Waals surface area contributed by atoms with Crippen molar-refractivity contribution < 1.29 is 18.0 Å². The van der Waals surface area contributed by atoms with Crippen LogP contribution < -0.4 is 10.9 Å². The van der Waals surface area contributed by atoms with Gasteiger partial charge < -0.3 is 5.32 Å². The Morgan fingerprint density at radius 1 is 1.10 bits per heavy atom. The van der Waals surface area contributed by atoms with Crippen LogP contribution >= 0.6 is 11.6 Å². The second-order valence-electron chi connectivity index (χ2n) is 7.62. The number of rotatable bonds is 4. The molecule has 0 saturated heterocycles. The number of anilines is 1. The Hall–Kier alpha value is -2.80. The number of hydrogen-bond donors (Lipinski definition) is 1. The lowest BCUT2D eigenvalue weighted by molar-refractivity contribution is -0.137. The van der Waals surface area contributed by atoms with Gasteiger partial charge in [0.25, 0.3) is 5.56 Å². The van der Waals surface area contributed by atoms with Crippen molar-refractivity contribution in [3.63, 3.8) is 0 Å². The van der Waals surface area contributed by atoms with Gasteiger partial charge in [0.1, 0.15) is 6.04 Å². The summed E-state index contributed by atoms with van der Waals surface area (Å²) in [6.07, 6.45) is -4.32. The van der Waals surface area contributed by atoms with Gasteiger partial charge in [-0.3, -0.25) is 14.2 Å². The molecule has 1 unspecified atom stereocenters. The summed E-state index contributed by atoms with van der Waals surface area (Å²) in [5.74, 6) is -0.615. The summed E-state index contributed by atoms with van der Waals surface area (Å²) >= 11 is 6.02. The van der Waals surface area contributed by atoms with Crippen LogP contribution in [-0.2, 0) is 11.0 Å². The Balaban J connectivity index is 2.11. The van der Waals surface area contributed by atoms with Gasteiger partial charge in [0, 0.05) is 11.5 Å². The molecule has 0 aliphatic carbocycles. The van der Waals surface area contributed by atoms with Crippen LogP contribution in [0.1, 0.15) is 41.6 Å². The Labute approximate surface area is 182 Å². The maximum atomic E-state index is 13.1. The van der Waals surface area contributed by atoms with Crippen molar-refractivity contribution in [2.75, 3.05) is 5.32 Å². The lowest BCUT2D eigenvalue weighted by Gasteiger charge is -2.23. The van der Waals surface area contributed by atoms with Crippen LogP contribution in [0.5, 0.6) is 0 Å². The largest absolute Gasteiger partial charge is 0.416 e. The van der Waals surface area contributed by atoms with Crippen LogP contribution in [0.25, 0.3) is 10.9 Å². The monoisotopic (exact) mass is 450 g/mol. The highest BCUT2D eigenvalue weighted by molar-refractivity contribution is 6.33. The maximum absolute atomic E-state index is 13.1. The van der Waals surface area contributed by atoms with Gasteiger partial charge in [0.15, 0.2) is 0 Å². The fourth-order valence-electron chi connectivity index (χ4n) is 3.83. The highest BCUT2D eigenvalue weighted by atomic mass is 35.5. The van der Waals surface area contributed by atoms with Crippen molar-refractivity contribution in [1.29, 1.82) is 0 Å². The van der Waals surface area contributed by atoms with E-state index in [-0.39, 0.29) is 22.7 Å². The molecule has 3 rings (SSSR count). The molecule has 1 N–H and O–H groups in total. The number of fused-ring (bicyclic) bond motifs is 1. The molecule has 1 aromatic heterocycles. The second kappa shape index (κ2) is 8.38. The molecule has 0 aliphatic heterocycles. The number of halogens is 4. The van der Waals surface area contributed by atoms with Gasteiger partial charge in [0.2, 0.25) is 5.91 Å². The lowest BCUT2D eigenvalue weighted by Crippen LogP contribution is -2.33.